The van der Waals surface area contributed by atoms with Crippen molar-refractivity contribution in [2.45, 2.75) is 49.1 Å². The van der Waals surface area contributed by atoms with Crippen LogP contribution in [0.3, 0.4) is 0 Å². The number of carbonyl (C=O) groups is 1. The molecule has 0 radical (unpaired) electrons. The van der Waals surface area contributed by atoms with E-state index < -0.39 is 32.2 Å². The molecule has 3 aromatic carbocycles. The predicted molar refractivity (Wildman–Crippen MR) is 165 cm³/mol. The molecule has 0 unspecified atom stereocenters. The molecule has 4 rings (SSSR count). The number of hydrogen-bond donors (Lipinski definition) is 2. The number of anilines is 1. The molecule has 10 nitrogen and oxygen atoms in total. The fraction of sp³-hybridized carbons (Fsp3) is 0.367. The maximum atomic E-state index is 13.5. The number of rotatable bonds is 9. The molecule has 1 amide bonds. The van der Waals surface area contributed by atoms with Gasteiger partial charge in [-0.3, -0.25) is 9.52 Å². The van der Waals surface area contributed by atoms with Crippen molar-refractivity contribution in [2.24, 2.45) is 5.92 Å². The highest BCUT2D eigenvalue weighted by atomic mass is 35.5. The summed E-state index contributed by atoms with van der Waals surface area (Å²) >= 11 is 5.90. The Kier molecular flexibility index (Phi) is 10.1. The van der Waals surface area contributed by atoms with Crippen LogP contribution >= 0.6 is 11.6 Å². The number of benzene rings is 3. The Morgan fingerprint density at radius 2 is 1.67 bits per heavy atom. The van der Waals surface area contributed by atoms with Gasteiger partial charge in [0, 0.05) is 35.8 Å². The molecule has 13 heteroatoms. The van der Waals surface area contributed by atoms with E-state index in [0.717, 1.165) is 5.56 Å². The van der Waals surface area contributed by atoms with Gasteiger partial charge in [-0.2, -0.15) is 4.31 Å². The molecule has 0 fully saturated rings. The van der Waals surface area contributed by atoms with Gasteiger partial charge in [-0.25, -0.2) is 16.8 Å². The largest absolute Gasteiger partial charge is 0.488 e. The third kappa shape index (κ3) is 7.68. The number of aryl methyl sites for hydroxylation is 1. The Hall–Kier alpha value is -3.16. The summed E-state index contributed by atoms with van der Waals surface area (Å²) in [7, 11) is -6.31. The van der Waals surface area contributed by atoms with Gasteiger partial charge >= 0.3 is 0 Å². The Bertz CT molecular complexity index is 1660. The zero-order valence-electron chi connectivity index (χ0n) is 24.4. The number of hydrogen-bond acceptors (Lipinski definition) is 7. The van der Waals surface area contributed by atoms with Crippen LogP contribution in [0.1, 0.15) is 25.0 Å². The first-order valence-corrected chi connectivity index (χ1v) is 17.0. The first-order valence-electron chi connectivity index (χ1n) is 13.7. The first kappa shape index (κ1) is 32.7. The second-order valence-corrected chi connectivity index (χ2v) is 15.0. The maximum Gasteiger partial charge on any atom is 0.261 e. The zero-order valence-corrected chi connectivity index (χ0v) is 26.8. The van der Waals surface area contributed by atoms with Gasteiger partial charge in [-0.1, -0.05) is 36.2 Å². The van der Waals surface area contributed by atoms with Gasteiger partial charge in [0.2, 0.25) is 15.9 Å². The molecule has 2 N–H and O–H groups in total. The molecule has 3 aromatic rings. The normalized spacial score (nSPS) is 18.7. The summed E-state index contributed by atoms with van der Waals surface area (Å²) in [6.07, 6.45) is -0.799. The average Bonchev–Trinajstić information content (AvgIpc) is 3.00. The first-order chi connectivity index (χ1) is 20.2. The summed E-state index contributed by atoms with van der Waals surface area (Å²) in [6, 6.07) is 16.4. The number of ether oxygens (including phenoxy) is 1. The summed E-state index contributed by atoms with van der Waals surface area (Å²) in [6.45, 7) is 5.40. The van der Waals surface area contributed by atoms with Crippen LogP contribution in [0.5, 0.6) is 5.75 Å². The highest BCUT2D eigenvalue weighted by molar-refractivity contribution is 7.92. The number of carbonyl (C=O) groups excluding carboxylic acids is 1. The number of fused-ring (bicyclic) bond motifs is 1. The summed E-state index contributed by atoms with van der Waals surface area (Å²) in [4.78, 5) is 15.2. The fourth-order valence-electron chi connectivity index (χ4n) is 4.78. The minimum atomic E-state index is -3.95. The van der Waals surface area contributed by atoms with Crippen molar-refractivity contribution in [2.75, 3.05) is 31.5 Å². The van der Waals surface area contributed by atoms with Gasteiger partial charge in [0.1, 0.15) is 11.9 Å². The van der Waals surface area contributed by atoms with Crippen LogP contribution < -0.4 is 9.46 Å². The van der Waals surface area contributed by atoms with Gasteiger partial charge in [-0.05, 0) is 68.4 Å². The van der Waals surface area contributed by atoms with E-state index in [1.54, 1.807) is 42.2 Å². The lowest BCUT2D eigenvalue weighted by atomic mass is 10.0. The average molecular weight is 650 g/mol. The molecular weight excluding hydrogens is 614 g/mol. The van der Waals surface area contributed by atoms with E-state index in [9.17, 15) is 26.7 Å². The predicted octanol–water partition coefficient (Wildman–Crippen LogP) is 3.92. The molecule has 0 saturated heterocycles. The SMILES string of the molecule is Cc1ccc(S(=O)(=O)N(C)C[C@@H]2Oc3ccc(NS(=O)(=O)c4ccc(Cl)cc4)cc3CC(=O)N([C@@H](C)CO)C[C@H]2C)cc1. The molecule has 1 heterocycles. The van der Waals surface area contributed by atoms with Crippen molar-refractivity contribution < 1.29 is 31.5 Å². The molecule has 3 atom stereocenters. The molecule has 0 spiro atoms. The van der Waals surface area contributed by atoms with Crippen LogP contribution in [0.4, 0.5) is 5.69 Å². The molecule has 0 bridgehead atoms. The van der Waals surface area contributed by atoms with Crippen molar-refractivity contribution in [3.63, 3.8) is 0 Å². The lowest BCUT2D eigenvalue weighted by Gasteiger charge is -2.33. The quantitative estimate of drug-likeness (QED) is 0.359. The molecule has 1 aliphatic rings. The number of halogens is 1. The minimum absolute atomic E-state index is 0.0161. The van der Waals surface area contributed by atoms with Crippen LogP contribution in [-0.4, -0.2) is 75.9 Å². The van der Waals surface area contributed by atoms with Gasteiger partial charge in [-0.15, -0.1) is 0 Å². The van der Waals surface area contributed by atoms with Gasteiger partial charge in [0.25, 0.3) is 10.0 Å². The van der Waals surface area contributed by atoms with E-state index in [-0.39, 0.29) is 53.4 Å². The standard InChI is InChI=1S/C30H36ClN3O7S2/c1-20-5-10-27(11-6-20)43(39,40)33(4)18-29-21(2)17-34(22(3)19-35)30(36)16-23-15-25(9-14-28(23)41-29)32-42(37,38)26-12-7-24(31)8-13-26/h5-15,21-22,29,32,35H,16-19H2,1-4H3/t21-,22+,29+/m1/s1. The number of aliphatic hydroxyl groups excluding tert-OH is 1. The third-order valence-electron chi connectivity index (χ3n) is 7.46. The third-order valence-corrected chi connectivity index (χ3v) is 10.9. The summed E-state index contributed by atoms with van der Waals surface area (Å²) < 4.78 is 62.9. The van der Waals surface area contributed by atoms with E-state index in [1.165, 1.54) is 47.8 Å². The second kappa shape index (κ2) is 13.2. The van der Waals surface area contributed by atoms with E-state index in [4.69, 9.17) is 16.3 Å². The molecule has 0 aliphatic carbocycles. The van der Waals surface area contributed by atoms with Crippen LogP contribution in [-0.2, 0) is 31.3 Å². The number of amides is 1. The number of nitrogens with zero attached hydrogens (tertiary/aromatic N) is 2. The lowest BCUT2D eigenvalue weighted by Crippen LogP contribution is -2.48. The zero-order chi connectivity index (χ0) is 31.5. The van der Waals surface area contributed by atoms with E-state index >= 15 is 0 Å². The van der Waals surface area contributed by atoms with Gasteiger partial charge in [0.15, 0.2) is 0 Å². The van der Waals surface area contributed by atoms with Gasteiger partial charge < -0.3 is 14.7 Å². The Morgan fingerprint density at radius 1 is 1.05 bits per heavy atom. The van der Waals surface area contributed by atoms with E-state index in [2.05, 4.69) is 4.72 Å². The summed E-state index contributed by atoms with van der Waals surface area (Å²) in [5.74, 6) is -0.279. The Labute approximate surface area is 258 Å². The Morgan fingerprint density at radius 3 is 2.30 bits per heavy atom. The molecule has 1 aliphatic heterocycles. The Balaban J connectivity index is 1.68. The highest BCUT2D eigenvalue weighted by Gasteiger charge is 2.33. The van der Waals surface area contributed by atoms with Crippen molar-refractivity contribution >= 4 is 43.2 Å². The van der Waals surface area contributed by atoms with Crippen LogP contribution in [0.15, 0.2) is 76.5 Å². The number of likely N-dealkylation sites (N-methyl/N-ethyl adjacent to an activating group) is 1. The summed E-state index contributed by atoms with van der Waals surface area (Å²) in [5.41, 5.74) is 1.57. The second-order valence-electron chi connectivity index (χ2n) is 10.9. The number of nitrogens with one attached hydrogen (secondary N) is 1. The molecule has 43 heavy (non-hydrogen) atoms. The fourth-order valence-corrected chi connectivity index (χ4v) is 7.14. The lowest BCUT2D eigenvalue weighted by molar-refractivity contribution is -0.134. The number of sulfonamides is 2. The molecule has 232 valence electrons. The summed E-state index contributed by atoms with van der Waals surface area (Å²) in [5, 5.41) is 10.3. The van der Waals surface area contributed by atoms with E-state index in [1.807, 2.05) is 13.8 Å². The van der Waals surface area contributed by atoms with Crippen molar-refractivity contribution in [3.05, 3.63) is 82.9 Å². The van der Waals surface area contributed by atoms with Crippen LogP contribution in [0, 0.1) is 12.8 Å². The van der Waals surface area contributed by atoms with Crippen molar-refractivity contribution in [1.82, 2.24) is 9.21 Å². The molecular formula is C30H36ClN3O7S2. The minimum Gasteiger partial charge on any atom is -0.488 e. The van der Waals surface area contributed by atoms with Crippen LogP contribution in [0.2, 0.25) is 5.02 Å². The number of aliphatic hydroxyl groups is 1. The topological polar surface area (TPSA) is 133 Å². The van der Waals surface area contributed by atoms with Crippen LogP contribution in [0.25, 0.3) is 0 Å². The monoisotopic (exact) mass is 649 g/mol. The smallest absolute Gasteiger partial charge is 0.261 e. The van der Waals surface area contributed by atoms with Crippen molar-refractivity contribution in [3.8, 4) is 5.75 Å². The highest BCUT2D eigenvalue weighted by Crippen LogP contribution is 2.31. The molecule has 0 aromatic heterocycles. The molecule has 0 saturated carbocycles. The van der Waals surface area contributed by atoms with Crippen molar-refractivity contribution in [1.29, 1.82) is 0 Å². The maximum absolute atomic E-state index is 13.5. The van der Waals surface area contributed by atoms with Gasteiger partial charge in [0.05, 0.1) is 35.4 Å². The van der Waals surface area contributed by atoms with E-state index in [0.29, 0.717) is 16.3 Å².